The van der Waals surface area contributed by atoms with Gasteiger partial charge < -0.3 is 19.7 Å². The highest BCUT2D eigenvalue weighted by Gasteiger charge is 2.46. The molecule has 0 radical (unpaired) electrons. The lowest BCUT2D eigenvalue weighted by atomic mass is 9.66. The Morgan fingerprint density at radius 2 is 0.902 bits per heavy atom. The lowest BCUT2D eigenvalue weighted by Gasteiger charge is -2.35. The fourth-order valence-corrected chi connectivity index (χ4v) is 6.59. The van der Waals surface area contributed by atoms with Crippen LogP contribution in [0.15, 0.2) is 72.8 Å². The molecule has 4 heteroatoms. The van der Waals surface area contributed by atoms with Crippen LogP contribution in [0, 0.1) is 27.7 Å². The first-order valence-electron chi connectivity index (χ1n) is 14.8. The van der Waals surface area contributed by atoms with Crippen LogP contribution >= 0.6 is 0 Å². The van der Waals surface area contributed by atoms with Gasteiger partial charge in [0.25, 0.3) is 0 Å². The van der Waals surface area contributed by atoms with Gasteiger partial charge in [0.2, 0.25) is 0 Å². The van der Waals surface area contributed by atoms with Gasteiger partial charge in [0.1, 0.15) is 11.5 Å². The minimum absolute atomic E-state index is 0.187. The third kappa shape index (κ3) is 5.27. The normalized spacial score (nSPS) is 13.1. The van der Waals surface area contributed by atoms with Gasteiger partial charge in [-0.2, -0.15) is 0 Å². The molecule has 4 nitrogen and oxygen atoms in total. The zero-order valence-electron chi connectivity index (χ0n) is 24.8. The van der Waals surface area contributed by atoms with Gasteiger partial charge in [-0.3, -0.25) is 0 Å². The van der Waals surface area contributed by atoms with Crippen molar-refractivity contribution in [2.45, 2.75) is 58.8 Å². The Morgan fingerprint density at radius 1 is 0.537 bits per heavy atom. The fraction of sp³-hybridized carbons (Fsp3) is 0.351. The van der Waals surface area contributed by atoms with E-state index < -0.39 is 5.41 Å². The molecule has 4 aromatic carbocycles. The average molecular weight is 551 g/mol. The molecule has 0 heterocycles. The second-order valence-corrected chi connectivity index (χ2v) is 11.3. The largest absolute Gasteiger partial charge is 0.493 e. The molecule has 0 unspecified atom stereocenters. The monoisotopic (exact) mass is 550 g/mol. The molecule has 1 aliphatic rings. The van der Waals surface area contributed by atoms with Gasteiger partial charge in [0.15, 0.2) is 0 Å². The van der Waals surface area contributed by atoms with Crippen LogP contribution in [-0.4, -0.2) is 36.6 Å². The van der Waals surface area contributed by atoms with E-state index in [4.69, 9.17) is 9.47 Å². The number of aryl methyl sites for hydroxylation is 4. The number of rotatable bonds is 12. The Bertz CT molecular complexity index is 1360. The van der Waals surface area contributed by atoms with Gasteiger partial charge in [0.05, 0.1) is 18.6 Å². The Morgan fingerprint density at radius 3 is 1.27 bits per heavy atom. The number of hydrogen-bond donors (Lipinski definition) is 2. The molecular formula is C37H42O4. The Hall–Kier alpha value is -3.60. The summed E-state index contributed by atoms with van der Waals surface area (Å²) in [6.07, 6.45) is 3.14. The SMILES string of the molecule is Cc1cc(C2(c3cc(C)c(OCCCCO)c(C)c3)c3ccccc3-c3ccccc32)cc(C)c1OCCCCO. The van der Waals surface area contributed by atoms with Crippen molar-refractivity contribution < 1.29 is 19.7 Å². The maximum atomic E-state index is 9.18. The second-order valence-electron chi connectivity index (χ2n) is 11.3. The van der Waals surface area contributed by atoms with Gasteiger partial charge >= 0.3 is 0 Å². The van der Waals surface area contributed by atoms with Crippen LogP contribution in [0.4, 0.5) is 0 Å². The highest BCUT2D eigenvalue weighted by molar-refractivity contribution is 5.86. The molecule has 41 heavy (non-hydrogen) atoms. The third-order valence-electron chi connectivity index (χ3n) is 8.34. The number of benzene rings is 4. The van der Waals surface area contributed by atoms with E-state index in [0.717, 1.165) is 59.4 Å². The summed E-state index contributed by atoms with van der Waals surface area (Å²) >= 11 is 0. The van der Waals surface area contributed by atoms with Gasteiger partial charge in [-0.1, -0.05) is 72.8 Å². The van der Waals surface area contributed by atoms with Crippen LogP contribution in [0.1, 0.15) is 70.2 Å². The Labute approximate surface area is 244 Å². The van der Waals surface area contributed by atoms with E-state index in [1.54, 1.807) is 0 Å². The van der Waals surface area contributed by atoms with E-state index in [1.807, 2.05) is 0 Å². The smallest absolute Gasteiger partial charge is 0.125 e. The maximum Gasteiger partial charge on any atom is 0.125 e. The molecule has 4 aromatic rings. The van der Waals surface area contributed by atoms with Crippen molar-refractivity contribution in [2.24, 2.45) is 0 Å². The average Bonchev–Trinajstić information content (AvgIpc) is 3.27. The van der Waals surface area contributed by atoms with E-state index in [1.165, 1.54) is 33.4 Å². The molecule has 0 aliphatic heterocycles. The maximum absolute atomic E-state index is 9.18. The lowest BCUT2D eigenvalue weighted by Crippen LogP contribution is -2.29. The quantitative estimate of drug-likeness (QED) is 0.157. The number of aliphatic hydroxyl groups is 2. The van der Waals surface area contributed by atoms with Crippen molar-refractivity contribution in [1.29, 1.82) is 0 Å². The van der Waals surface area contributed by atoms with Gasteiger partial charge in [0, 0.05) is 13.2 Å². The molecule has 0 saturated heterocycles. The summed E-state index contributed by atoms with van der Waals surface area (Å²) in [5.41, 5.74) is 11.5. The molecule has 0 atom stereocenters. The van der Waals surface area contributed by atoms with Crippen molar-refractivity contribution in [1.82, 2.24) is 0 Å². The number of hydrogen-bond acceptors (Lipinski definition) is 4. The standard InChI is InChI=1S/C37H42O4/c1-25-21-29(22-26(2)35(25)40-19-11-9-17-38)37(30-23-27(3)36(28(4)24-30)41-20-12-10-18-39)33-15-7-5-13-31(33)32-14-6-8-16-34(32)37/h5-8,13-16,21-24,38-39H,9-12,17-20H2,1-4H3. The predicted molar refractivity (Wildman–Crippen MR) is 166 cm³/mol. The van der Waals surface area contributed by atoms with Crippen LogP contribution < -0.4 is 9.47 Å². The topological polar surface area (TPSA) is 58.9 Å². The van der Waals surface area contributed by atoms with Crippen molar-refractivity contribution in [2.75, 3.05) is 26.4 Å². The van der Waals surface area contributed by atoms with Gasteiger partial charge in [-0.05, 0) is 109 Å². The highest BCUT2D eigenvalue weighted by Crippen LogP contribution is 2.57. The summed E-state index contributed by atoms with van der Waals surface area (Å²) in [5, 5.41) is 18.4. The molecule has 2 N–H and O–H groups in total. The first-order valence-corrected chi connectivity index (χ1v) is 14.8. The zero-order valence-corrected chi connectivity index (χ0v) is 24.8. The number of unbranched alkanes of at least 4 members (excludes halogenated alkanes) is 2. The molecule has 0 spiro atoms. The summed E-state index contributed by atoms with van der Waals surface area (Å²) < 4.78 is 12.5. The summed E-state index contributed by atoms with van der Waals surface area (Å²) in [6, 6.07) is 26.8. The first-order chi connectivity index (χ1) is 19.9. The van der Waals surface area contributed by atoms with E-state index in [9.17, 15) is 10.2 Å². The number of aliphatic hydroxyl groups excluding tert-OH is 2. The van der Waals surface area contributed by atoms with E-state index in [0.29, 0.717) is 13.2 Å². The van der Waals surface area contributed by atoms with Crippen LogP contribution in [0.3, 0.4) is 0 Å². The zero-order chi connectivity index (χ0) is 29.0. The first kappa shape index (κ1) is 28.9. The van der Waals surface area contributed by atoms with E-state index >= 15 is 0 Å². The Kier molecular flexibility index (Phi) is 8.82. The summed E-state index contributed by atoms with van der Waals surface area (Å²) in [4.78, 5) is 0. The van der Waals surface area contributed by atoms with Crippen molar-refractivity contribution >= 4 is 0 Å². The van der Waals surface area contributed by atoms with Gasteiger partial charge in [-0.15, -0.1) is 0 Å². The molecule has 0 fully saturated rings. The molecule has 1 aliphatic carbocycles. The van der Waals surface area contributed by atoms with Crippen molar-refractivity contribution in [3.63, 3.8) is 0 Å². The summed E-state index contributed by atoms with van der Waals surface area (Å²) in [7, 11) is 0. The highest BCUT2D eigenvalue weighted by atomic mass is 16.5. The Balaban J connectivity index is 1.71. The summed E-state index contributed by atoms with van der Waals surface area (Å²) in [5.74, 6) is 1.86. The van der Waals surface area contributed by atoms with Crippen molar-refractivity contribution in [3.8, 4) is 22.6 Å². The fourth-order valence-electron chi connectivity index (χ4n) is 6.59. The molecule has 0 amide bonds. The third-order valence-corrected chi connectivity index (χ3v) is 8.34. The van der Waals surface area contributed by atoms with E-state index in [2.05, 4.69) is 100 Å². The van der Waals surface area contributed by atoms with Crippen LogP contribution in [-0.2, 0) is 5.41 Å². The lowest BCUT2D eigenvalue weighted by molar-refractivity contribution is 0.252. The number of fused-ring (bicyclic) bond motifs is 3. The van der Waals surface area contributed by atoms with Crippen LogP contribution in [0.5, 0.6) is 11.5 Å². The molecular weight excluding hydrogens is 508 g/mol. The summed E-state index contributed by atoms with van der Waals surface area (Å²) in [6.45, 7) is 10.1. The molecule has 0 saturated carbocycles. The van der Waals surface area contributed by atoms with Crippen molar-refractivity contribution in [3.05, 3.63) is 117 Å². The number of ether oxygens (including phenoxy) is 2. The van der Waals surface area contributed by atoms with E-state index in [-0.39, 0.29) is 13.2 Å². The second kappa shape index (κ2) is 12.5. The molecule has 0 aromatic heterocycles. The minimum atomic E-state index is -0.497. The minimum Gasteiger partial charge on any atom is -0.493 e. The molecule has 5 rings (SSSR count). The predicted octanol–water partition coefficient (Wildman–Crippen LogP) is 7.59. The van der Waals surface area contributed by atoms with Crippen LogP contribution in [0.25, 0.3) is 11.1 Å². The van der Waals surface area contributed by atoms with Crippen LogP contribution in [0.2, 0.25) is 0 Å². The van der Waals surface area contributed by atoms with Gasteiger partial charge in [-0.25, -0.2) is 0 Å². The molecule has 0 bridgehead atoms. The molecule has 214 valence electrons.